The Morgan fingerprint density at radius 3 is 2.56 bits per heavy atom. The first kappa shape index (κ1) is 10.9. The van der Waals surface area contributed by atoms with E-state index in [-0.39, 0.29) is 5.56 Å². The molecular weight excluding hydrogens is 270 g/mol. The third-order valence-corrected chi connectivity index (χ3v) is 3.02. The number of nitrogens with zero attached hydrogens (tertiary/aromatic N) is 2. The second-order valence-corrected chi connectivity index (χ2v) is 4.26. The van der Waals surface area contributed by atoms with E-state index in [1.807, 2.05) is 31.2 Å². The Hall–Kier alpha value is -1.62. The van der Waals surface area contributed by atoms with Gasteiger partial charge in [0.2, 0.25) is 0 Å². The van der Waals surface area contributed by atoms with Crippen molar-refractivity contribution in [3.05, 3.63) is 50.9 Å². The largest absolute Gasteiger partial charge is 0.396 e. The third-order valence-electron chi connectivity index (χ3n) is 2.22. The second kappa shape index (κ2) is 4.09. The molecule has 5 heteroatoms. The van der Waals surface area contributed by atoms with E-state index >= 15 is 0 Å². The van der Waals surface area contributed by atoms with Crippen LogP contribution in [0.15, 0.2) is 39.7 Å². The highest BCUT2D eigenvalue weighted by Crippen LogP contribution is 2.13. The first-order chi connectivity index (χ1) is 7.59. The third kappa shape index (κ3) is 1.86. The molecule has 2 rings (SSSR count). The number of hydrogen-bond acceptors (Lipinski definition) is 3. The van der Waals surface area contributed by atoms with E-state index in [9.17, 15) is 4.79 Å². The number of rotatable bonds is 1. The van der Waals surface area contributed by atoms with Gasteiger partial charge in [0.15, 0.2) is 0 Å². The molecule has 0 spiro atoms. The number of aryl methyl sites for hydroxylation is 1. The monoisotopic (exact) mass is 279 g/mol. The molecule has 0 aliphatic rings. The maximum absolute atomic E-state index is 11.8. The summed E-state index contributed by atoms with van der Waals surface area (Å²) < 4.78 is 1.64. The second-order valence-electron chi connectivity index (χ2n) is 3.47. The smallest absolute Gasteiger partial charge is 0.287 e. The van der Waals surface area contributed by atoms with Crippen molar-refractivity contribution in [2.75, 3.05) is 5.73 Å². The van der Waals surface area contributed by atoms with Crippen molar-refractivity contribution in [1.82, 2.24) is 9.78 Å². The number of halogens is 1. The molecule has 0 amide bonds. The van der Waals surface area contributed by atoms with E-state index < -0.39 is 0 Å². The number of aromatic nitrogens is 2. The molecule has 0 bridgehead atoms. The van der Waals surface area contributed by atoms with Gasteiger partial charge in [-0.25, -0.2) is 0 Å². The van der Waals surface area contributed by atoms with Gasteiger partial charge in [-0.3, -0.25) is 4.79 Å². The van der Waals surface area contributed by atoms with Gasteiger partial charge in [0.05, 0.1) is 17.6 Å². The fourth-order valence-corrected chi connectivity index (χ4v) is 1.59. The van der Waals surface area contributed by atoms with Crippen LogP contribution in [-0.4, -0.2) is 9.78 Å². The number of nitrogen functional groups attached to an aromatic ring is 1. The van der Waals surface area contributed by atoms with Crippen molar-refractivity contribution in [2.45, 2.75) is 6.92 Å². The van der Waals surface area contributed by atoms with Gasteiger partial charge in [0.1, 0.15) is 4.47 Å². The fraction of sp³-hybridized carbons (Fsp3) is 0.0909. The molecule has 2 N–H and O–H groups in total. The van der Waals surface area contributed by atoms with Gasteiger partial charge in [-0.05, 0) is 35.0 Å². The van der Waals surface area contributed by atoms with E-state index in [1.54, 1.807) is 0 Å². The Bertz CT molecular complexity index is 575. The Morgan fingerprint density at radius 2 is 1.94 bits per heavy atom. The summed E-state index contributed by atoms with van der Waals surface area (Å²) in [7, 11) is 0. The molecule has 0 aliphatic heterocycles. The molecule has 0 saturated carbocycles. The van der Waals surface area contributed by atoms with E-state index in [1.165, 1.54) is 10.9 Å². The van der Waals surface area contributed by atoms with Gasteiger partial charge >= 0.3 is 0 Å². The predicted octanol–water partition coefficient (Wildman–Crippen LogP) is 1.89. The summed E-state index contributed by atoms with van der Waals surface area (Å²) in [5.74, 6) is 0. The summed E-state index contributed by atoms with van der Waals surface area (Å²) in [5, 5.41) is 3.99. The lowest BCUT2D eigenvalue weighted by atomic mass is 10.2. The summed E-state index contributed by atoms with van der Waals surface area (Å²) >= 11 is 3.14. The zero-order valence-corrected chi connectivity index (χ0v) is 10.2. The lowest BCUT2D eigenvalue weighted by molar-refractivity contribution is 0.803. The summed E-state index contributed by atoms with van der Waals surface area (Å²) in [6.45, 7) is 1.99. The van der Waals surface area contributed by atoms with Crippen LogP contribution in [0.5, 0.6) is 0 Å². The number of benzene rings is 1. The van der Waals surface area contributed by atoms with Crippen LogP contribution in [0.1, 0.15) is 5.56 Å². The molecule has 0 aliphatic carbocycles. The zero-order valence-electron chi connectivity index (χ0n) is 8.64. The van der Waals surface area contributed by atoms with Crippen LogP contribution in [0, 0.1) is 6.92 Å². The van der Waals surface area contributed by atoms with E-state index in [0.29, 0.717) is 10.2 Å². The van der Waals surface area contributed by atoms with Crippen LogP contribution < -0.4 is 11.3 Å². The molecule has 0 unspecified atom stereocenters. The Balaban J connectivity index is 2.61. The first-order valence-electron chi connectivity index (χ1n) is 4.70. The van der Waals surface area contributed by atoms with E-state index in [2.05, 4.69) is 21.0 Å². The Kier molecular flexibility index (Phi) is 2.78. The van der Waals surface area contributed by atoms with Crippen molar-refractivity contribution < 1.29 is 0 Å². The molecule has 0 fully saturated rings. The Labute approximate surface area is 101 Å². The van der Waals surface area contributed by atoms with Gasteiger partial charge in [0, 0.05) is 0 Å². The number of anilines is 1. The molecule has 0 radical (unpaired) electrons. The van der Waals surface area contributed by atoms with Crippen molar-refractivity contribution in [3.63, 3.8) is 0 Å². The maximum Gasteiger partial charge on any atom is 0.287 e. The van der Waals surface area contributed by atoms with E-state index in [0.717, 1.165) is 11.3 Å². The zero-order chi connectivity index (χ0) is 11.7. The van der Waals surface area contributed by atoms with Crippen LogP contribution in [0.2, 0.25) is 0 Å². The summed E-state index contributed by atoms with van der Waals surface area (Å²) in [5.41, 5.74) is 7.50. The average molecular weight is 280 g/mol. The minimum absolute atomic E-state index is 0.260. The molecule has 1 heterocycles. The molecule has 82 valence electrons. The lowest BCUT2D eigenvalue weighted by Crippen LogP contribution is -2.22. The Morgan fingerprint density at radius 1 is 1.31 bits per heavy atom. The van der Waals surface area contributed by atoms with Crippen molar-refractivity contribution in [3.8, 4) is 5.69 Å². The molecule has 0 saturated heterocycles. The molecular formula is C11H10BrN3O. The average Bonchev–Trinajstić information content (AvgIpc) is 2.28. The maximum atomic E-state index is 11.8. The number of hydrogen-bond donors (Lipinski definition) is 1. The normalized spacial score (nSPS) is 10.4. The molecule has 1 aromatic carbocycles. The quantitative estimate of drug-likeness (QED) is 0.867. The highest BCUT2D eigenvalue weighted by atomic mass is 79.9. The highest BCUT2D eigenvalue weighted by Gasteiger charge is 2.07. The van der Waals surface area contributed by atoms with Crippen LogP contribution in [0.3, 0.4) is 0 Å². The highest BCUT2D eigenvalue weighted by molar-refractivity contribution is 9.10. The topological polar surface area (TPSA) is 60.9 Å². The minimum Gasteiger partial charge on any atom is -0.396 e. The number of nitrogens with two attached hydrogens (primary N) is 1. The van der Waals surface area contributed by atoms with Crippen molar-refractivity contribution >= 4 is 21.6 Å². The van der Waals surface area contributed by atoms with Crippen LogP contribution >= 0.6 is 15.9 Å². The molecule has 0 atom stereocenters. The van der Waals surface area contributed by atoms with Gasteiger partial charge in [-0.1, -0.05) is 17.7 Å². The fourth-order valence-electron chi connectivity index (χ4n) is 1.32. The lowest BCUT2D eigenvalue weighted by Gasteiger charge is -2.06. The van der Waals surface area contributed by atoms with Gasteiger partial charge in [-0.2, -0.15) is 9.78 Å². The molecule has 1 aromatic heterocycles. The minimum atomic E-state index is -0.260. The molecule has 2 aromatic rings. The summed E-state index contributed by atoms with van der Waals surface area (Å²) in [6, 6.07) is 7.53. The van der Waals surface area contributed by atoms with Crippen LogP contribution in [0.25, 0.3) is 5.69 Å². The molecule has 4 nitrogen and oxygen atoms in total. The first-order valence-corrected chi connectivity index (χ1v) is 5.49. The summed E-state index contributed by atoms with van der Waals surface area (Å²) in [4.78, 5) is 11.8. The summed E-state index contributed by atoms with van der Waals surface area (Å²) in [6.07, 6.45) is 1.45. The SMILES string of the molecule is Cc1ccc(-n2ncc(N)c(Br)c2=O)cc1. The predicted molar refractivity (Wildman–Crippen MR) is 66.7 cm³/mol. The van der Waals surface area contributed by atoms with Crippen molar-refractivity contribution in [1.29, 1.82) is 0 Å². The van der Waals surface area contributed by atoms with Crippen LogP contribution in [0.4, 0.5) is 5.69 Å². The van der Waals surface area contributed by atoms with Crippen LogP contribution in [-0.2, 0) is 0 Å². The van der Waals surface area contributed by atoms with Gasteiger partial charge in [-0.15, -0.1) is 0 Å². The molecule has 16 heavy (non-hydrogen) atoms. The van der Waals surface area contributed by atoms with Gasteiger partial charge in [0.25, 0.3) is 5.56 Å². The van der Waals surface area contributed by atoms with E-state index in [4.69, 9.17) is 5.73 Å². The van der Waals surface area contributed by atoms with Gasteiger partial charge < -0.3 is 5.73 Å². The van der Waals surface area contributed by atoms with Crippen molar-refractivity contribution in [2.24, 2.45) is 0 Å². The standard InChI is InChI=1S/C11H10BrN3O/c1-7-2-4-8(5-3-7)15-11(16)10(12)9(13)6-14-15/h2-6H,13H2,1H3.